The van der Waals surface area contributed by atoms with E-state index in [1.165, 1.54) is 25.3 Å². The van der Waals surface area contributed by atoms with Crippen molar-refractivity contribution in [2.75, 3.05) is 25.6 Å². The first kappa shape index (κ1) is 24.2. The third kappa shape index (κ3) is 4.99. The molecule has 0 aromatic heterocycles. The highest BCUT2D eigenvalue weighted by Gasteiger charge is 2.67. The first-order valence-electron chi connectivity index (χ1n) is 8.97. The minimum Gasteiger partial charge on any atom is -0.494 e. The lowest BCUT2D eigenvalue weighted by Crippen LogP contribution is -2.26. The molecule has 2 amide bonds. The van der Waals surface area contributed by atoms with Gasteiger partial charge in [0.15, 0.2) is 5.75 Å². The summed E-state index contributed by atoms with van der Waals surface area (Å²) < 4.78 is 16.1. The number of hydrogen-bond donors (Lipinski definition) is 2. The van der Waals surface area contributed by atoms with E-state index in [-0.39, 0.29) is 27.2 Å². The van der Waals surface area contributed by atoms with Crippen molar-refractivity contribution in [3.05, 3.63) is 56.5 Å². The second-order valence-electron chi connectivity index (χ2n) is 6.78. The molecular formula is C20H16Cl5FN2O3. The van der Waals surface area contributed by atoms with Crippen LogP contribution in [0.15, 0.2) is 30.3 Å². The van der Waals surface area contributed by atoms with Gasteiger partial charge >= 0.3 is 0 Å². The molecule has 0 radical (unpaired) electrons. The van der Waals surface area contributed by atoms with Crippen LogP contribution >= 0.6 is 58.0 Å². The summed E-state index contributed by atoms with van der Waals surface area (Å²) >= 11 is 31.2. The van der Waals surface area contributed by atoms with Crippen molar-refractivity contribution in [3.63, 3.8) is 0 Å². The Bertz CT molecular complexity index is 1010. The van der Waals surface area contributed by atoms with Gasteiger partial charge in [-0.3, -0.25) is 9.59 Å². The van der Waals surface area contributed by atoms with Crippen LogP contribution in [0, 0.1) is 5.92 Å². The van der Waals surface area contributed by atoms with E-state index >= 15 is 0 Å². The van der Waals surface area contributed by atoms with E-state index in [1.807, 2.05) is 0 Å². The number of amides is 2. The topological polar surface area (TPSA) is 67.4 Å². The lowest BCUT2D eigenvalue weighted by molar-refractivity contribution is -0.117. The van der Waals surface area contributed by atoms with Gasteiger partial charge in [-0.15, -0.1) is 23.2 Å². The Morgan fingerprint density at radius 1 is 1.10 bits per heavy atom. The summed E-state index contributed by atoms with van der Waals surface area (Å²) in [6.07, 6.45) is 0. The smallest absolute Gasteiger partial charge is 0.252 e. The summed E-state index contributed by atoms with van der Waals surface area (Å²) in [5, 5.41) is 5.75. The molecule has 1 saturated carbocycles. The highest BCUT2D eigenvalue weighted by molar-refractivity contribution is 6.53. The molecule has 2 atom stereocenters. The molecule has 5 nitrogen and oxygen atoms in total. The first-order valence-corrected chi connectivity index (χ1v) is 10.9. The highest BCUT2D eigenvalue weighted by atomic mass is 35.5. The van der Waals surface area contributed by atoms with Gasteiger partial charge in [-0.25, -0.2) is 4.39 Å². The van der Waals surface area contributed by atoms with Gasteiger partial charge in [0.1, 0.15) is 11.0 Å². The predicted octanol–water partition coefficient (Wildman–Crippen LogP) is 5.88. The van der Waals surface area contributed by atoms with Crippen molar-refractivity contribution in [1.29, 1.82) is 0 Å². The normalized spacial score (nSPS) is 18.9. The summed E-state index contributed by atoms with van der Waals surface area (Å²) in [6, 6.07) is 7.55. The van der Waals surface area contributed by atoms with E-state index in [1.54, 1.807) is 12.1 Å². The summed E-state index contributed by atoms with van der Waals surface area (Å²) in [4.78, 5) is 25.0. The molecular weight excluding hydrogens is 512 g/mol. The van der Waals surface area contributed by atoms with E-state index in [0.29, 0.717) is 17.0 Å². The second-order valence-corrected chi connectivity index (χ2v) is 9.44. The largest absolute Gasteiger partial charge is 0.494 e. The van der Waals surface area contributed by atoms with Crippen molar-refractivity contribution in [1.82, 2.24) is 5.32 Å². The van der Waals surface area contributed by atoms with Crippen LogP contribution in [0.2, 0.25) is 15.1 Å². The highest BCUT2D eigenvalue weighted by Crippen LogP contribution is 2.65. The summed E-state index contributed by atoms with van der Waals surface area (Å²) in [7, 11) is 1.44. The standard InChI is InChI=1S/C20H16Cl5FN2O3/c1-31-17-13(22)6-9(7-14(17)23)15-16(20(15,24)25)19(30)28-10-2-3-12(21)11(8-10)18(29)27-5-4-26/h2-3,6-8,15-16H,4-5H2,1H3,(H,27,29)(H,28,30)/t15-,16+/m1/s1. The van der Waals surface area contributed by atoms with Gasteiger partial charge in [-0.2, -0.15) is 0 Å². The second kappa shape index (κ2) is 9.59. The SMILES string of the molecule is COc1c(Cl)cc([C@@H]2[C@@H](C(=O)Nc3ccc(Cl)c(C(=O)NCCF)c3)C2(Cl)Cl)cc1Cl. The fourth-order valence-electron chi connectivity index (χ4n) is 3.27. The van der Waals surface area contributed by atoms with Gasteiger partial charge in [0.25, 0.3) is 5.91 Å². The van der Waals surface area contributed by atoms with Crippen molar-refractivity contribution in [2.24, 2.45) is 5.92 Å². The third-order valence-electron chi connectivity index (χ3n) is 4.78. The van der Waals surface area contributed by atoms with E-state index in [4.69, 9.17) is 62.7 Å². The summed E-state index contributed by atoms with van der Waals surface area (Å²) in [5.41, 5.74) is 0.987. The molecule has 3 rings (SSSR count). The van der Waals surface area contributed by atoms with Crippen molar-refractivity contribution >= 4 is 75.5 Å². The zero-order chi connectivity index (χ0) is 22.9. The van der Waals surface area contributed by atoms with Crippen LogP contribution in [0.4, 0.5) is 10.1 Å². The van der Waals surface area contributed by atoms with Gasteiger partial charge in [-0.1, -0.05) is 34.8 Å². The van der Waals surface area contributed by atoms with Gasteiger partial charge in [0.2, 0.25) is 5.91 Å². The molecule has 166 valence electrons. The quantitative estimate of drug-likeness (QED) is 0.441. The minimum atomic E-state index is -1.38. The van der Waals surface area contributed by atoms with Crippen LogP contribution in [-0.2, 0) is 4.79 Å². The molecule has 1 aliphatic carbocycles. The summed E-state index contributed by atoms with van der Waals surface area (Å²) in [6.45, 7) is -0.862. The lowest BCUT2D eigenvalue weighted by Gasteiger charge is -2.10. The van der Waals surface area contributed by atoms with Crippen molar-refractivity contribution in [3.8, 4) is 5.75 Å². The van der Waals surface area contributed by atoms with Crippen LogP contribution in [0.25, 0.3) is 0 Å². The molecule has 0 bridgehead atoms. The molecule has 2 N–H and O–H groups in total. The molecule has 2 aromatic carbocycles. The summed E-state index contributed by atoms with van der Waals surface area (Å²) in [5.74, 6) is -2.07. The fraction of sp³-hybridized carbons (Fsp3) is 0.300. The molecule has 0 heterocycles. The van der Waals surface area contributed by atoms with Gasteiger partial charge in [0, 0.05) is 18.2 Å². The number of methoxy groups -OCH3 is 1. The monoisotopic (exact) mass is 526 g/mol. The number of rotatable bonds is 7. The van der Waals surface area contributed by atoms with E-state index < -0.39 is 34.7 Å². The molecule has 2 aromatic rings. The molecule has 0 spiro atoms. The molecule has 0 saturated heterocycles. The average Bonchev–Trinajstić information content (AvgIpc) is 3.29. The van der Waals surface area contributed by atoms with Crippen LogP contribution in [0.5, 0.6) is 5.75 Å². The Kier molecular flexibility index (Phi) is 7.49. The Morgan fingerprint density at radius 2 is 1.74 bits per heavy atom. The zero-order valence-electron chi connectivity index (χ0n) is 15.9. The van der Waals surface area contributed by atoms with Crippen LogP contribution in [-0.4, -0.2) is 36.5 Å². The van der Waals surface area contributed by atoms with Crippen LogP contribution < -0.4 is 15.4 Å². The molecule has 31 heavy (non-hydrogen) atoms. The lowest BCUT2D eigenvalue weighted by atomic mass is 10.1. The van der Waals surface area contributed by atoms with Crippen LogP contribution in [0.3, 0.4) is 0 Å². The average molecular weight is 529 g/mol. The van der Waals surface area contributed by atoms with E-state index in [0.717, 1.165) is 0 Å². The maximum atomic E-state index is 12.9. The Hall–Kier alpha value is -1.44. The maximum absolute atomic E-state index is 12.9. The number of carbonyl (C=O) groups excluding carboxylic acids is 2. The van der Waals surface area contributed by atoms with Crippen molar-refractivity contribution < 1.29 is 18.7 Å². The number of nitrogens with one attached hydrogen (secondary N) is 2. The minimum absolute atomic E-state index is 0.0944. The Morgan fingerprint density at radius 3 is 2.32 bits per heavy atom. The fourth-order valence-corrected chi connectivity index (χ4v) is 4.96. The van der Waals surface area contributed by atoms with Crippen LogP contribution in [0.1, 0.15) is 21.8 Å². The van der Waals surface area contributed by atoms with E-state index in [9.17, 15) is 14.0 Å². The number of ether oxygens (including phenoxy) is 1. The maximum Gasteiger partial charge on any atom is 0.252 e. The van der Waals surface area contributed by atoms with Gasteiger partial charge in [0.05, 0.1) is 33.7 Å². The van der Waals surface area contributed by atoms with E-state index in [2.05, 4.69) is 10.6 Å². The molecule has 1 aliphatic rings. The molecule has 1 fully saturated rings. The molecule has 0 unspecified atom stereocenters. The third-order valence-corrected chi connectivity index (χ3v) is 6.61. The first-order chi connectivity index (χ1) is 14.6. The molecule has 0 aliphatic heterocycles. The Balaban J connectivity index is 1.79. The number of alkyl halides is 3. The zero-order valence-corrected chi connectivity index (χ0v) is 19.7. The predicted molar refractivity (Wildman–Crippen MR) is 122 cm³/mol. The van der Waals surface area contributed by atoms with Crippen molar-refractivity contribution in [2.45, 2.75) is 10.3 Å². The number of carbonyl (C=O) groups is 2. The number of anilines is 1. The molecule has 11 heteroatoms. The van der Waals surface area contributed by atoms with Gasteiger partial charge < -0.3 is 15.4 Å². The Labute approximate surface area is 203 Å². The number of hydrogen-bond acceptors (Lipinski definition) is 3. The number of benzene rings is 2. The van der Waals surface area contributed by atoms with Gasteiger partial charge in [-0.05, 0) is 35.9 Å². The number of halogens is 6.